The normalized spacial score (nSPS) is 15.7. The minimum Gasteiger partial charge on any atom is -0.355 e. The molecule has 1 aliphatic rings. The van der Waals surface area contributed by atoms with Crippen LogP contribution in [0.25, 0.3) is 0 Å². The summed E-state index contributed by atoms with van der Waals surface area (Å²) in [5.74, 6) is 0.693. The third kappa shape index (κ3) is 5.38. The van der Waals surface area contributed by atoms with Crippen molar-refractivity contribution >= 4 is 17.5 Å². The van der Waals surface area contributed by atoms with Gasteiger partial charge in [-0.25, -0.2) is 0 Å². The predicted molar refractivity (Wildman–Crippen MR) is 63.2 cm³/mol. The first-order valence-electron chi connectivity index (χ1n) is 5.84. The molecule has 4 heteroatoms. The van der Waals surface area contributed by atoms with Gasteiger partial charge in [0.25, 0.3) is 0 Å². The number of hydrogen-bond donors (Lipinski definition) is 1. The summed E-state index contributed by atoms with van der Waals surface area (Å²) in [4.78, 5) is 13.7. The first-order chi connectivity index (χ1) is 7.27. The van der Waals surface area contributed by atoms with Crippen molar-refractivity contribution in [3.8, 4) is 0 Å². The number of amides is 1. The minimum absolute atomic E-state index is 0.127. The van der Waals surface area contributed by atoms with Crippen LogP contribution in [0.3, 0.4) is 0 Å². The van der Waals surface area contributed by atoms with E-state index in [1.54, 1.807) is 0 Å². The van der Waals surface area contributed by atoms with Crippen LogP contribution in [0.5, 0.6) is 0 Å². The van der Waals surface area contributed by atoms with Gasteiger partial charge in [-0.05, 0) is 25.8 Å². The summed E-state index contributed by atoms with van der Waals surface area (Å²) in [5, 5.41) is 2.93. The Morgan fingerprint density at radius 1 is 1.53 bits per heavy atom. The van der Waals surface area contributed by atoms with Gasteiger partial charge in [-0.15, -0.1) is 11.6 Å². The van der Waals surface area contributed by atoms with Crippen LogP contribution < -0.4 is 5.32 Å². The molecule has 0 atom stereocenters. The lowest BCUT2D eigenvalue weighted by molar-refractivity contribution is -0.121. The molecule has 0 aromatic carbocycles. The van der Waals surface area contributed by atoms with Gasteiger partial charge in [-0.1, -0.05) is 6.92 Å². The summed E-state index contributed by atoms with van der Waals surface area (Å²) in [6.45, 7) is 5.01. The molecule has 1 N–H and O–H groups in total. The van der Waals surface area contributed by atoms with Gasteiger partial charge in [0.2, 0.25) is 5.91 Å². The quantitative estimate of drug-likeness (QED) is 0.645. The molecule has 0 aromatic heterocycles. The van der Waals surface area contributed by atoms with Crippen molar-refractivity contribution in [2.75, 3.05) is 25.5 Å². The van der Waals surface area contributed by atoms with Gasteiger partial charge in [0.1, 0.15) is 0 Å². The molecule has 0 radical (unpaired) electrons. The number of rotatable bonds is 8. The van der Waals surface area contributed by atoms with Crippen molar-refractivity contribution in [3.63, 3.8) is 0 Å². The van der Waals surface area contributed by atoms with Crippen LogP contribution in [0.4, 0.5) is 0 Å². The van der Waals surface area contributed by atoms with E-state index in [1.165, 1.54) is 12.8 Å². The van der Waals surface area contributed by atoms with Crippen molar-refractivity contribution in [1.82, 2.24) is 10.2 Å². The maximum atomic E-state index is 11.3. The van der Waals surface area contributed by atoms with E-state index in [-0.39, 0.29) is 5.91 Å². The van der Waals surface area contributed by atoms with Gasteiger partial charge in [-0.3, -0.25) is 9.69 Å². The molecular formula is C11H21ClN2O. The number of alkyl halides is 1. The molecule has 0 spiro atoms. The highest BCUT2D eigenvalue weighted by Crippen LogP contribution is 2.25. The zero-order chi connectivity index (χ0) is 11.1. The Morgan fingerprint density at radius 2 is 2.27 bits per heavy atom. The molecule has 0 aromatic rings. The fourth-order valence-corrected chi connectivity index (χ4v) is 1.83. The van der Waals surface area contributed by atoms with E-state index in [9.17, 15) is 4.79 Å². The highest BCUT2D eigenvalue weighted by atomic mass is 35.5. The van der Waals surface area contributed by atoms with Crippen LogP contribution in [-0.2, 0) is 4.79 Å². The highest BCUT2D eigenvalue weighted by Gasteiger charge is 2.27. The van der Waals surface area contributed by atoms with Gasteiger partial charge in [0, 0.05) is 31.4 Å². The van der Waals surface area contributed by atoms with E-state index in [0.717, 1.165) is 32.1 Å². The highest BCUT2D eigenvalue weighted by molar-refractivity contribution is 6.17. The SMILES string of the molecule is CCN(CCNC(=O)CCCCl)C1CC1. The zero-order valence-electron chi connectivity index (χ0n) is 9.47. The molecule has 0 heterocycles. The van der Waals surface area contributed by atoms with Crippen LogP contribution >= 0.6 is 11.6 Å². The topological polar surface area (TPSA) is 32.3 Å². The standard InChI is InChI=1S/C11H21ClN2O/c1-2-14(10-5-6-10)9-8-13-11(15)4-3-7-12/h10H,2-9H2,1H3,(H,13,15). The second-order valence-corrected chi connectivity index (χ2v) is 4.38. The smallest absolute Gasteiger partial charge is 0.220 e. The third-order valence-corrected chi connectivity index (χ3v) is 3.00. The number of carbonyl (C=O) groups excluding carboxylic acids is 1. The molecule has 0 saturated heterocycles. The number of hydrogen-bond acceptors (Lipinski definition) is 2. The molecule has 1 rings (SSSR count). The molecule has 1 amide bonds. The van der Waals surface area contributed by atoms with E-state index < -0.39 is 0 Å². The second-order valence-electron chi connectivity index (χ2n) is 4.00. The average Bonchev–Trinajstić information content (AvgIpc) is 3.05. The van der Waals surface area contributed by atoms with Crippen LogP contribution in [-0.4, -0.2) is 42.4 Å². The maximum absolute atomic E-state index is 11.3. The van der Waals surface area contributed by atoms with Gasteiger partial charge < -0.3 is 5.32 Å². The molecule has 88 valence electrons. The molecule has 1 aliphatic carbocycles. The van der Waals surface area contributed by atoms with E-state index in [2.05, 4.69) is 17.1 Å². The third-order valence-electron chi connectivity index (χ3n) is 2.73. The summed E-state index contributed by atoms with van der Waals surface area (Å²) >= 11 is 5.51. The zero-order valence-corrected chi connectivity index (χ0v) is 10.2. The predicted octanol–water partition coefficient (Wildman–Crippen LogP) is 1.61. The Labute approximate surface area is 97.2 Å². The van der Waals surface area contributed by atoms with Crippen LogP contribution in [0.1, 0.15) is 32.6 Å². The summed E-state index contributed by atoms with van der Waals surface area (Å²) in [6, 6.07) is 0.787. The molecule has 3 nitrogen and oxygen atoms in total. The maximum Gasteiger partial charge on any atom is 0.220 e. The van der Waals surface area contributed by atoms with Crippen LogP contribution in [0.15, 0.2) is 0 Å². The second kappa shape index (κ2) is 7.07. The van der Waals surface area contributed by atoms with Crippen molar-refractivity contribution in [2.24, 2.45) is 0 Å². The van der Waals surface area contributed by atoms with Gasteiger partial charge in [0.15, 0.2) is 0 Å². The number of halogens is 1. The van der Waals surface area contributed by atoms with Crippen molar-refractivity contribution in [3.05, 3.63) is 0 Å². The Kier molecular flexibility index (Phi) is 6.03. The van der Waals surface area contributed by atoms with E-state index >= 15 is 0 Å². The average molecular weight is 233 g/mol. The fourth-order valence-electron chi connectivity index (χ4n) is 1.69. The summed E-state index contributed by atoms with van der Waals surface area (Å²) in [5.41, 5.74) is 0. The number of carbonyl (C=O) groups is 1. The summed E-state index contributed by atoms with van der Waals surface area (Å²) in [7, 11) is 0. The molecule has 0 bridgehead atoms. The lowest BCUT2D eigenvalue weighted by atomic mass is 10.3. The first kappa shape index (κ1) is 12.8. The molecule has 1 fully saturated rings. The number of nitrogens with one attached hydrogen (secondary N) is 1. The molecule has 0 unspecified atom stereocenters. The first-order valence-corrected chi connectivity index (χ1v) is 6.38. The Morgan fingerprint density at radius 3 is 2.80 bits per heavy atom. The lowest BCUT2D eigenvalue weighted by Gasteiger charge is -2.19. The van der Waals surface area contributed by atoms with E-state index in [4.69, 9.17) is 11.6 Å². The fraction of sp³-hybridized carbons (Fsp3) is 0.909. The Balaban J connectivity index is 2.01. The van der Waals surface area contributed by atoms with Crippen molar-refractivity contribution in [2.45, 2.75) is 38.6 Å². The lowest BCUT2D eigenvalue weighted by Crippen LogP contribution is -2.36. The van der Waals surface area contributed by atoms with E-state index in [0.29, 0.717) is 12.3 Å². The molecule has 1 saturated carbocycles. The largest absolute Gasteiger partial charge is 0.355 e. The minimum atomic E-state index is 0.127. The van der Waals surface area contributed by atoms with Gasteiger partial charge >= 0.3 is 0 Å². The molecular weight excluding hydrogens is 212 g/mol. The Bertz CT molecular complexity index is 195. The van der Waals surface area contributed by atoms with E-state index in [1.807, 2.05) is 0 Å². The van der Waals surface area contributed by atoms with Crippen molar-refractivity contribution < 1.29 is 4.79 Å². The van der Waals surface area contributed by atoms with Gasteiger partial charge in [0.05, 0.1) is 0 Å². The summed E-state index contributed by atoms with van der Waals surface area (Å²) in [6.07, 6.45) is 3.98. The number of likely N-dealkylation sites (N-methyl/N-ethyl adjacent to an activating group) is 1. The monoisotopic (exact) mass is 232 g/mol. The van der Waals surface area contributed by atoms with Crippen molar-refractivity contribution in [1.29, 1.82) is 0 Å². The van der Waals surface area contributed by atoms with Crippen LogP contribution in [0, 0.1) is 0 Å². The van der Waals surface area contributed by atoms with Crippen LogP contribution in [0.2, 0.25) is 0 Å². The number of nitrogens with zero attached hydrogens (tertiary/aromatic N) is 1. The molecule has 0 aliphatic heterocycles. The summed E-state index contributed by atoms with van der Waals surface area (Å²) < 4.78 is 0. The Hall–Kier alpha value is -0.280. The molecule has 15 heavy (non-hydrogen) atoms. The van der Waals surface area contributed by atoms with Gasteiger partial charge in [-0.2, -0.15) is 0 Å².